The molecule has 0 aliphatic rings. The van der Waals surface area contributed by atoms with Crippen molar-refractivity contribution < 1.29 is 0 Å². The second kappa shape index (κ2) is 13.6. The van der Waals surface area contributed by atoms with Crippen LogP contribution in [0.3, 0.4) is 0 Å². The highest BCUT2D eigenvalue weighted by Crippen LogP contribution is 2.32. The lowest BCUT2D eigenvalue weighted by molar-refractivity contribution is 0.392. The van der Waals surface area contributed by atoms with E-state index in [1.807, 2.05) is 0 Å². The highest BCUT2D eigenvalue weighted by atomic mass is 28.5. The van der Waals surface area contributed by atoms with Crippen LogP contribution in [0.25, 0.3) is 0 Å². The molecule has 6 N–H and O–H groups in total. The molecule has 242 valence electrons. The molecule has 0 spiro atoms. The molecular weight excluding hydrogens is 591 g/mol. The highest BCUT2D eigenvalue weighted by molar-refractivity contribution is 7.05. The van der Waals surface area contributed by atoms with Crippen LogP contribution in [-0.4, -0.2) is 93.5 Å². The topological polar surface area (TPSA) is 75.4 Å². The van der Waals surface area contributed by atoms with Gasteiger partial charge in [0.05, 0.1) is 0 Å². The third kappa shape index (κ3) is 13.8. The summed E-state index contributed by atoms with van der Waals surface area (Å²) in [6, 6.07) is 0. The Morgan fingerprint density at radius 3 is 0.550 bits per heavy atom. The molecule has 0 bridgehead atoms. The average Bonchev–Trinajstić information content (AvgIpc) is 2.59. The third-order valence-corrected chi connectivity index (χ3v) is 34.6. The molecule has 0 saturated carbocycles. The lowest BCUT2D eigenvalue weighted by atomic mass is 10.1. The summed E-state index contributed by atoms with van der Waals surface area (Å²) in [7, 11) is -4.34. The second-order valence-electron chi connectivity index (χ2n) is 18.2. The van der Waals surface area contributed by atoms with Gasteiger partial charge in [-0.15, -0.1) is 0 Å². The van der Waals surface area contributed by atoms with Gasteiger partial charge in [0.2, 0.25) is 0 Å². The van der Waals surface area contributed by atoms with Crippen molar-refractivity contribution >= 4 is 56.4 Å². The van der Waals surface area contributed by atoms with Gasteiger partial charge in [0.1, 0.15) is 0 Å². The van der Waals surface area contributed by atoms with Gasteiger partial charge in [-0.3, -0.25) is 3.90 Å². The Morgan fingerprint density at radius 1 is 0.350 bits per heavy atom. The molecule has 0 saturated heterocycles. The quantitative estimate of drug-likeness (QED) is 0.176. The zero-order valence-corrected chi connectivity index (χ0v) is 40.1. The van der Waals surface area contributed by atoms with Crippen LogP contribution in [0.15, 0.2) is 0 Å². The lowest BCUT2D eigenvalue weighted by Crippen LogP contribution is -3.00. The van der Waals surface area contributed by atoms with Crippen LogP contribution in [0.5, 0.6) is 0 Å². The largest absolute Gasteiger partial charge is 0.309 e. The van der Waals surface area contributed by atoms with Crippen molar-refractivity contribution in [2.75, 3.05) is 0 Å². The lowest BCUT2D eigenvalue weighted by Gasteiger charge is -2.64. The molecule has 0 rings (SSSR count). The summed E-state index contributed by atoms with van der Waals surface area (Å²) >= 11 is 0. The molecule has 0 aromatic carbocycles. The Bertz CT molecular complexity index is 632. The first kappa shape index (κ1) is 41.0. The first-order valence-corrected chi connectivity index (χ1v) is 26.6. The van der Waals surface area contributed by atoms with Gasteiger partial charge in [0.15, 0.2) is 0 Å². The van der Waals surface area contributed by atoms with Gasteiger partial charge in [0.25, 0.3) is 25.7 Å². The smallest absolute Gasteiger partial charge is 0.271 e. The zero-order chi connectivity index (χ0) is 32.4. The minimum Gasteiger partial charge on any atom is -0.309 e. The van der Waals surface area contributed by atoms with Crippen molar-refractivity contribution in [3.05, 3.63) is 0 Å². The first-order chi connectivity index (χ1) is 17.3. The molecule has 40 heavy (non-hydrogen) atoms. The summed E-state index contributed by atoms with van der Waals surface area (Å²) in [5, 5.41) is 0. The van der Waals surface area contributed by atoms with E-state index in [0.29, 0.717) is 0 Å². The van der Waals surface area contributed by atoms with Crippen LogP contribution >= 0.6 is 0 Å². The van der Waals surface area contributed by atoms with Crippen molar-refractivity contribution in [3.63, 3.8) is 0 Å². The summed E-state index contributed by atoms with van der Waals surface area (Å²) in [4.78, 5) is 26.6. The molecule has 13 heteroatoms. The van der Waals surface area contributed by atoms with Gasteiger partial charge >= 0.3 is 0 Å². The molecule has 0 amide bonds. The molecule has 0 aromatic rings. The van der Waals surface area contributed by atoms with Crippen LogP contribution in [0, 0.1) is 0 Å². The summed E-state index contributed by atoms with van der Waals surface area (Å²) in [6.45, 7) is 42.6. The van der Waals surface area contributed by atoms with Gasteiger partial charge < -0.3 is 29.9 Å². The molecule has 0 heterocycles. The van der Waals surface area contributed by atoms with E-state index in [9.17, 15) is 0 Å². The number of nitrogens with zero attached hydrogens (tertiary/aromatic N) is 1. The van der Waals surface area contributed by atoms with Crippen LogP contribution < -0.4 is 29.9 Å². The number of rotatable bonds is 12. The van der Waals surface area contributed by atoms with Gasteiger partial charge in [-0.2, -0.15) is 0 Å². The van der Waals surface area contributed by atoms with E-state index in [2.05, 4.69) is 158 Å². The van der Waals surface area contributed by atoms with Crippen molar-refractivity contribution in [2.24, 2.45) is 0 Å². The molecule has 0 fully saturated rings. The Labute approximate surface area is 264 Å². The van der Waals surface area contributed by atoms with Gasteiger partial charge in [0, 0.05) is 64.0 Å². The molecule has 0 atom stereocenters. The minimum atomic E-state index is -2.57. The molecule has 0 aliphatic carbocycles. The maximum atomic E-state index is 4.43. The van der Waals surface area contributed by atoms with Crippen molar-refractivity contribution in [1.29, 1.82) is 0 Å². The third-order valence-electron chi connectivity index (χ3n) is 6.17. The summed E-state index contributed by atoms with van der Waals surface area (Å²) < 4.78 is 3.20. The average molecular weight is 666 g/mol. The minimum absolute atomic E-state index is 0.0311. The highest BCUT2D eigenvalue weighted by Gasteiger charge is 2.64. The molecular formula is C27H75N7Si6. The van der Waals surface area contributed by atoms with E-state index < -0.39 is 25.7 Å². The Balaban J connectivity index is 8.48. The van der Waals surface area contributed by atoms with E-state index in [1.165, 1.54) is 17.0 Å². The molecule has 7 nitrogen and oxygen atoms in total. The number of hydrogen-bond acceptors (Lipinski definition) is 7. The Kier molecular flexibility index (Phi) is 13.9. The fourth-order valence-corrected chi connectivity index (χ4v) is 40.8. The second-order valence-corrected chi connectivity index (χ2v) is 36.1. The molecule has 0 aromatic heterocycles. The van der Waals surface area contributed by atoms with Crippen molar-refractivity contribution in [1.82, 2.24) is 33.8 Å². The Morgan fingerprint density at radius 2 is 0.475 bits per heavy atom. The summed E-state index contributed by atoms with van der Waals surface area (Å²) in [6.07, 6.45) is 0. The van der Waals surface area contributed by atoms with E-state index in [1.54, 1.807) is 0 Å². The van der Waals surface area contributed by atoms with E-state index >= 15 is 0 Å². The fourth-order valence-electron chi connectivity index (χ4n) is 6.13. The standard InChI is InChI=1S/C27H75N7Si6/c1-22(2,3)28-38(19-35,29-23(4,5)6)34(39(20-36,30-24(7,8)9)31-25(10,11)12)40(21-37,32-26(13,14)15)33-27(16,17)18/h28-33H,19-21H2,1-18,35-37H3. The van der Waals surface area contributed by atoms with Crippen LogP contribution in [0.2, 0.25) is 17.0 Å². The monoisotopic (exact) mass is 665 g/mol. The predicted molar refractivity (Wildman–Crippen MR) is 201 cm³/mol. The summed E-state index contributed by atoms with van der Waals surface area (Å²) in [5.41, 5.74) is 3.41. The fraction of sp³-hybridized carbons (Fsp3) is 1.00. The molecule has 0 unspecified atom stereocenters. The van der Waals surface area contributed by atoms with Gasteiger partial charge in [-0.25, -0.2) is 0 Å². The zero-order valence-electron chi connectivity index (χ0n) is 31.1. The number of nitrogens with one attached hydrogen (secondary N) is 6. The van der Waals surface area contributed by atoms with Crippen molar-refractivity contribution in [3.8, 4) is 0 Å². The van der Waals surface area contributed by atoms with Crippen molar-refractivity contribution in [2.45, 2.75) is 175 Å². The van der Waals surface area contributed by atoms with Crippen LogP contribution in [-0.2, 0) is 0 Å². The molecule has 0 radical (unpaired) electrons. The molecule has 0 aliphatic heterocycles. The van der Waals surface area contributed by atoms with Gasteiger partial charge in [-0.1, -0.05) is 0 Å². The normalized spacial score (nSPS) is 16.0. The van der Waals surface area contributed by atoms with Gasteiger partial charge in [-0.05, 0) is 142 Å². The predicted octanol–water partition coefficient (Wildman–Crippen LogP) is 1.40. The SMILES string of the molecule is CC(C)(C)N[Si](C[SiH3])(NC(C)(C)C)N([Si](C[SiH3])(NC(C)(C)C)NC(C)(C)C)[Si](C[SiH3])(NC(C)(C)C)NC(C)(C)C. The maximum absolute atomic E-state index is 4.43. The van der Waals surface area contributed by atoms with E-state index in [0.717, 1.165) is 30.7 Å². The Hall–Kier alpha value is 1.02. The summed E-state index contributed by atoms with van der Waals surface area (Å²) in [5.74, 6) is 0. The van der Waals surface area contributed by atoms with Crippen LogP contribution in [0.4, 0.5) is 0 Å². The van der Waals surface area contributed by atoms with Crippen LogP contribution in [0.1, 0.15) is 125 Å². The number of hydrogen-bond donors (Lipinski definition) is 6. The van der Waals surface area contributed by atoms with E-state index in [4.69, 9.17) is 0 Å². The van der Waals surface area contributed by atoms with E-state index in [-0.39, 0.29) is 33.2 Å². The first-order valence-electron chi connectivity index (χ1n) is 15.9. The maximum Gasteiger partial charge on any atom is 0.271 e.